The van der Waals surface area contributed by atoms with E-state index in [0.717, 1.165) is 17.0 Å². The monoisotopic (exact) mass is 402 g/mol. The molecule has 2 atom stereocenters. The standard InChI is InChI=1S/C18H22N6O3S/c1-5-10(2)14(16(25)27-4)20-17(26)19-13-8-6-7-12(9-13)15-23-24-11(3)21-22-18(24)28-15/h6-10,14H,5H2,1-4H3,(H2,19,20,26). The van der Waals surface area contributed by atoms with Gasteiger partial charge in [-0.15, -0.1) is 10.2 Å². The van der Waals surface area contributed by atoms with Crippen LogP contribution in [0, 0.1) is 12.8 Å². The molecule has 28 heavy (non-hydrogen) atoms. The average Bonchev–Trinajstić information content (AvgIpc) is 3.27. The number of carbonyl (C=O) groups is 2. The van der Waals surface area contributed by atoms with Gasteiger partial charge in [-0.2, -0.15) is 9.61 Å². The third-order valence-electron chi connectivity index (χ3n) is 4.47. The minimum atomic E-state index is -0.708. The number of esters is 1. The van der Waals surface area contributed by atoms with Crippen LogP contribution in [0.2, 0.25) is 0 Å². The second kappa shape index (κ2) is 8.34. The molecular formula is C18H22N6O3S. The summed E-state index contributed by atoms with van der Waals surface area (Å²) in [6, 6.07) is 6.14. The molecule has 2 unspecified atom stereocenters. The molecule has 9 nitrogen and oxygen atoms in total. The Morgan fingerprint density at radius 3 is 2.79 bits per heavy atom. The van der Waals surface area contributed by atoms with Gasteiger partial charge in [-0.1, -0.05) is 43.7 Å². The molecular weight excluding hydrogens is 380 g/mol. The zero-order valence-electron chi connectivity index (χ0n) is 16.1. The van der Waals surface area contributed by atoms with Gasteiger partial charge < -0.3 is 15.4 Å². The molecule has 0 saturated carbocycles. The Bertz CT molecular complexity index is 998. The van der Waals surface area contributed by atoms with E-state index in [-0.39, 0.29) is 5.92 Å². The van der Waals surface area contributed by atoms with Gasteiger partial charge in [0.2, 0.25) is 4.96 Å². The van der Waals surface area contributed by atoms with Crippen LogP contribution in [-0.2, 0) is 9.53 Å². The van der Waals surface area contributed by atoms with Gasteiger partial charge in [-0.25, -0.2) is 9.59 Å². The first kappa shape index (κ1) is 19.7. The Balaban J connectivity index is 1.74. The van der Waals surface area contributed by atoms with Crippen LogP contribution in [0.25, 0.3) is 15.5 Å². The van der Waals surface area contributed by atoms with Gasteiger partial charge in [0.1, 0.15) is 11.0 Å². The van der Waals surface area contributed by atoms with Gasteiger partial charge in [0.25, 0.3) is 0 Å². The van der Waals surface area contributed by atoms with Crippen molar-refractivity contribution < 1.29 is 14.3 Å². The molecule has 0 aliphatic heterocycles. The first-order chi connectivity index (χ1) is 13.4. The number of amides is 2. The van der Waals surface area contributed by atoms with E-state index in [1.165, 1.54) is 18.4 Å². The topological polar surface area (TPSA) is 111 Å². The summed E-state index contributed by atoms with van der Waals surface area (Å²) in [6.07, 6.45) is 0.732. The largest absolute Gasteiger partial charge is 0.467 e. The lowest BCUT2D eigenvalue weighted by Crippen LogP contribution is -2.47. The molecule has 1 aromatic carbocycles. The second-order valence-electron chi connectivity index (χ2n) is 6.41. The zero-order valence-corrected chi connectivity index (χ0v) is 16.9. The highest BCUT2D eigenvalue weighted by atomic mass is 32.1. The Morgan fingerprint density at radius 1 is 1.32 bits per heavy atom. The third-order valence-corrected chi connectivity index (χ3v) is 5.42. The fourth-order valence-electron chi connectivity index (χ4n) is 2.67. The van der Waals surface area contributed by atoms with Gasteiger partial charge >= 0.3 is 12.0 Å². The molecule has 0 aliphatic rings. The Labute approximate surface area is 166 Å². The smallest absolute Gasteiger partial charge is 0.328 e. The number of ether oxygens (including phenoxy) is 1. The van der Waals surface area contributed by atoms with Crippen LogP contribution < -0.4 is 10.6 Å². The number of aromatic nitrogens is 4. The van der Waals surface area contributed by atoms with Crippen molar-refractivity contribution in [2.75, 3.05) is 12.4 Å². The highest BCUT2D eigenvalue weighted by molar-refractivity contribution is 7.19. The minimum Gasteiger partial charge on any atom is -0.467 e. The van der Waals surface area contributed by atoms with E-state index >= 15 is 0 Å². The van der Waals surface area contributed by atoms with Crippen molar-refractivity contribution in [1.82, 2.24) is 25.1 Å². The summed E-state index contributed by atoms with van der Waals surface area (Å²) in [6.45, 7) is 5.67. The number of benzene rings is 1. The first-order valence-corrected chi connectivity index (χ1v) is 9.69. The normalized spacial score (nSPS) is 13.1. The molecule has 0 saturated heterocycles. The van der Waals surface area contributed by atoms with Crippen LogP contribution in [0.15, 0.2) is 24.3 Å². The summed E-state index contributed by atoms with van der Waals surface area (Å²) in [5, 5.41) is 18.8. The SMILES string of the molecule is CCC(C)C(NC(=O)Nc1cccc(-c2nn3c(C)nnc3s2)c1)C(=O)OC. The summed E-state index contributed by atoms with van der Waals surface area (Å²) in [5.41, 5.74) is 1.43. The number of aryl methyl sites for hydroxylation is 1. The summed E-state index contributed by atoms with van der Waals surface area (Å²) in [5.74, 6) is 0.200. The fraction of sp³-hybridized carbons (Fsp3) is 0.389. The number of fused-ring (bicyclic) bond motifs is 1. The minimum absolute atomic E-state index is 0.0482. The van der Waals surface area contributed by atoms with Crippen molar-refractivity contribution in [1.29, 1.82) is 0 Å². The number of carbonyl (C=O) groups excluding carboxylic acids is 2. The van der Waals surface area contributed by atoms with E-state index in [4.69, 9.17) is 4.74 Å². The number of hydrogen-bond acceptors (Lipinski definition) is 7. The Hall–Kier alpha value is -3.01. The molecule has 2 N–H and O–H groups in total. The van der Waals surface area contributed by atoms with E-state index in [2.05, 4.69) is 25.9 Å². The molecule has 3 aromatic rings. The number of hydrogen-bond donors (Lipinski definition) is 2. The van der Waals surface area contributed by atoms with Crippen molar-refractivity contribution in [2.24, 2.45) is 5.92 Å². The fourth-order valence-corrected chi connectivity index (χ4v) is 3.55. The lowest BCUT2D eigenvalue weighted by atomic mass is 9.99. The number of anilines is 1. The molecule has 0 aliphatic carbocycles. The summed E-state index contributed by atoms with van der Waals surface area (Å²) < 4.78 is 6.47. The van der Waals surface area contributed by atoms with Crippen LogP contribution in [0.3, 0.4) is 0 Å². The van der Waals surface area contributed by atoms with Crippen molar-refractivity contribution in [3.63, 3.8) is 0 Å². The van der Waals surface area contributed by atoms with Crippen molar-refractivity contribution in [3.8, 4) is 10.6 Å². The van der Waals surface area contributed by atoms with Crippen LogP contribution >= 0.6 is 11.3 Å². The molecule has 10 heteroatoms. The highest BCUT2D eigenvalue weighted by Gasteiger charge is 2.26. The van der Waals surface area contributed by atoms with Gasteiger partial charge in [0.05, 0.1) is 7.11 Å². The van der Waals surface area contributed by atoms with Crippen molar-refractivity contribution in [3.05, 3.63) is 30.1 Å². The van der Waals surface area contributed by atoms with Crippen molar-refractivity contribution in [2.45, 2.75) is 33.2 Å². The van der Waals surface area contributed by atoms with E-state index in [0.29, 0.717) is 16.5 Å². The lowest BCUT2D eigenvalue weighted by Gasteiger charge is -2.22. The van der Waals surface area contributed by atoms with Crippen molar-refractivity contribution >= 4 is 34.0 Å². The predicted octanol–water partition coefficient (Wildman–Crippen LogP) is 2.87. The number of urea groups is 1. The predicted molar refractivity (Wildman–Crippen MR) is 106 cm³/mol. The van der Waals surface area contributed by atoms with E-state index in [9.17, 15) is 9.59 Å². The second-order valence-corrected chi connectivity index (χ2v) is 7.37. The quantitative estimate of drug-likeness (QED) is 0.614. The van der Waals surface area contributed by atoms with Gasteiger partial charge in [-0.05, 0) is 25.0 Å². The maximum absolute atomic E-state index is 12.4. The molecule has 2 amide bonds. The number of nitrogens with zero attached hydrogens (tertiary/aromatic N) is 4. The molecule has 148 valence electrons. The summed E-state index contributed by atoms with van der Waals surface area (Å²) in [4.78, 5) is 25.0. The third kappa shape index (κ3) is 4.11. The van der Waals surface area contributed by atoms with E-state index in [1.807, 2.05) is 39.0 Å². The molecule has 2 aromatic heterocycles. The number of methoxy groups -OCH3 is 1. The Morgan fingerprint density at radius 2 is 2.11 bits per heavy atom. The Kier molecular flexibility index (Phi) is 5.88. The molecule has 0 radical (unpaired) electrons. The average molecular weight is 402 g/mol. The molecule has 2 heterocycles. The summed E-state index contributed by atoms with van der Waals surface area (Å²) in [7, 11) is 1.31. The number of rotatable bonds is 6. The number of nitrogens with one attached hydrogen (secondary N) is 2. The first-order valence-electron chi connectivity index (χ1n) is 8.87. The van der Waals surface area contributed by atoms with Gasteiger partial charge in [0.15, 0.2) is 5.82 Å². The van der Waals surface area contributed by atoms with Gasteiger partial charge in [-0.3, -0.25) is 0 Å². The van der Waals surface area contributed by atoms with Crippen LogP contribution in [0.1, 0.15) is 26.1 Å². The zero-order chi connectivity index (χ0) is 20.3. The van der Waals surface area contributed by atoms with Gasteiger partial charge in [0, 0.05) is 11.3 Å². The highest BCUT2D eigenvalue weighted by Crippen LogP contribution is 2.27. The van der Waals surface area contributed by atoms with Crippen LogP contribution in [0.5, 0.6) is 0 Å². The molecule has 0 bridgehead atoms. The van der Waals surface area contributed by atoms with Crippen LogP contribution in [0.4, 0.5) is 10.5 Å². The maximum Gasteiger partial charge on any atom is 0.328 e. The van der Waals surface area contributed by atoms with Crippen LogP contribution in [-0.4, -0.2) is 45.0 Å². The lowest BCUT2D eigenvalue weighted by molar-refractivity contribution is -0.144. The maximum atomic E-state index is 12.4. The molecule has 3 rings (SSSR count). The summed E-state index contributed by atoms with van der Waals surface area (Å²) >= 11 is 1.41. The molecule has 0 fully saturated rings. The van der Waals surface area contributed by atoms with E-state index < -0.39 is 18.0 Å². The molecule has 0 spiro atoms. The van der Waals surface area contributed by atoms with E-state index in [1.54, 1.807) is 10.6 Å².